The van der Waals surface area contributed by atoms with E-state index in [2.05, 4.69) is 23.6 Å². The lowest BCUT2D eigenvalue weighted by molar-refractivity contribution is -0.116. The van der Waals surface area contributed by atoms with Crippen molar-refractivity contribution >= 4 is 71.8 Å². The summed E-state index contributed by atoms with van der Waals surface area (Å²) in [5.74, 6) is -0.0108. The number of hydrogen-bond donors (Lipinski definition) is 6. The summed E-state index contributed by atoms with van der Waals surface area (Å²) < 4.78 is 0. The molecule has 0 heterocycles. The molecule has 0 bridgehead atoms. The monoisotopic (exact) mass is 473 g/mol. The van der Waals surface area contributed by atoms with E-state index in [1.165, 1.54) is 6.92 Å². The molecule has 1 rings (SSSR count). The summed E-state index contributed by atoms with van der Waals surface area (Å²) in [6, 6.07) is 5.28. The standard InChI is InChI=1S/C11H13Cl2NO.2H3O3PS/c1-7(2)14(8(3)15)9-4-5-10(12)11(13)6-9;2*1-4(2,3)5/h4-7H,1-3H3;2*(H3,1,2,3,5). The van der Waals surface area contributed by atoms with Gasteiger partial charge >= 0.3 is 13.4 Å². The maximum Gasteiger partial charge on any atom is 0.319 e. The predicted octanol–water partition coefficient (Wildman–Crippen LogP) is 2.13. The van der Waals surface area contributed by atoms with Gasteiger partial charge in [0.1, 0.15) is 0 Å². The van der Waals surface area contributed by atoms with Gasteiger partial charge in [0.25, 0.3) is 0 Å². The molecule has 25 heavy (non-hydrogen) atoms. The Bertz CT molecular complexity index is 629. The van der Waals surface area contributed by atoms with Crippen LogP contribution in [0.15, 0.2) is 18.2 Å². The van der Waals surface area contributed by atoms with Crippen LogP contribution in [0.2, 0.25) is 10.0 Å². The van der Waals surface area contributed by atoms with Gasteiger partial charge in [-0.3, -0.25) is 4.79 Å². The van der Waals surface area contributed by atoms with Crippen molar-refractivity contribution in [2.45, 2.75) is 26.8 Å². The van der Waals surface area contributed by atoms with E-state index in [-0.39, 0.29) is 11.9 Å². The molecule has 0 aliphatic heterocycles. The summed E-state index contributed by atoms with van der Waals surface area (Å²) in [7, 11) is 0. The van der Waals surface area contributed by atoms with Crippen molar-refractivity contribution in [3.8, 4) is 0 Å². The first-order valence-corrected chi connectivity index (χ1v) is 12.3. The van der Waals surface area contributed by atoms with Crippen molar-refractivity contribution in [1.29, 1.82) is 0 Å². The molecule has 0 saturated carbocycles. The number of amides is 1. The molecule has 14 heteroatoms. The van der Waals surface area contributed by atoms with Crippen LogP contribution in [0.4, 0.5) is 5.69 Å². The van der Waals surface area contributed by atoms with E-state index in [0.717, 1.165) is 5.69 Å². The Hall–Kier alpha value is 0.330. The fraction of sp³-hybridized carbons (Fsp3) is 0.364. The van der Waals surface area contributed by atoms with Crippen molar-refractivity contribution in [3.63, 3.8) is 0 Å². The third kappa shape index (κ3) is 18.9. The highest BCUT2D eigenvalue weighted by Crippen LogP contribution is 2.28. The summed E-state index contributed by atoms with van der Waals surface area (Å²) in [6.45, 7) is -2.18. The average molecular weight is 474 g/mol. The second-order valence-electron chi connectivity index (χ2n) is 4.61. The van der Waals surface area contributed by atoms with Crippen LogP contribution >= 0.6 is 36.6 Å². The lowest BCUT2D eigenvalue weighted by atomic mass is 10.2. The van der Waals surface area contributed by atoms with Gasteiger partial charge in [0.15, 0.2) is 0 Å². The van der Waals surface area contributed by atoms with Crippen LogP contribution in [0.25, 0.3) is 0 Å². The van der Waals surface area contributed by atoms with E-state index in [1.807, 2.05) is 13.8 Å². The minimum Gasteiger partial charge on any atom is -0.325 e. The van der Waals surface area contributed by atoms with Gasteiger partial charge in [0.2, 0.25) is 5.91 Å². The van der Waals surface area contributed by atoms with Gasteiger partial charge in [-0.25, -0.2) is 0 Å². The Morgan fingerprint density at radius 1 is 1.00 bits per heavy atom. The molecule has 0 saturated heterocycles. The molecule has 6 N–H and O–H groups in total. The molecule has 1 amide bonds. The largest absolute Gasteiger partial charge is 0.325 e. The number of rotatable bonds is 2. The quantitative estimate of drug-likeness (QED) is 0.356. The van der Waals surface area contributed by atoms with Gasteiger partial charge in [-0.05, 0) is 55.7 Å². The molecule has 0 unspecified atom stereocenters. The first-order valence-electron chi connectivity index (χ1n) is 6.25. The van der Waals surface area contributed by atoms with Crippen LogP contribution in [-0.2, 0) is 28.4 Å². The van der Waals surface area contributed by atoms with Crippen molar-refractivity contribution in [2.75, 3.05) is 4.90 Å². The van der Waals surface area contributed by atoms with E-state index in [1.54, 1.807) is 23.1 Å². The number of anilines is 1. The average Bonchev–Trinajstić information content (AvgIpc) is 2.28. The van der Waals surface area contributed by atoms with E-state index >= 15 is 0 Å². The summed E-state index contributed by atoms with van der Waals surface area (Å²) in [6.07, 6.45) is 0. The number of hydrogen-bond acceptors (Lipinski definition) is 3. The molecule has 0 aliphatic carbocycles. The number of benzene rings is 1. The van der Waals surface area contributed by atoms with Crippen LogP contribution in [0, 0.1) is 0 Å². The van der Waals surface area contributed by atoms with Gasteiger partial charge in [0.05, 0.1) is 10.0 Å². The molecule has 8 nitrogen and oxygen atoms in total. The predicted molar refractivity (Wildman–Crippen MR) is 107 cm³/mol. The second-order valence-corrected chi connectivity index (χ2v) is 10.4. The lowest BCUT2D eigenvalue weighted by Crippen LogP contribution is -2.35. The maximum absolute atomic E-state index is 11.4. The van der Waals surface area contributed by atoms with Crippen molar-refractivity contribution in [1.82, 2.24) is 0 Å². The molecule has 0 aliphatic rings. The highest BCUT2D eigenvalue weighted by Gasteiger charge is 2.15. The van der Waals surface area contributed by atoms with E-state index < -0.39 is 13.4 Å². The summed E-state index contributed by atoms with van der Waals surface area (Å²) in [4.78, 5) is 58.4. The first-order chi connectivity index (χ1) is 10.9. The summed E-state index contributed by atoms with van der Waals surface area (Å²) in [5, 5.41) is 0.953. The molecule has 1 aromatic carbocycles. The second kappa shape index (κ2) is 11.9. The van der Waals surface area contributed by atoms with Crippen LogP contribution in [0.1, 0.15) is 20.8 Å². The Labute approximate surface area is 165 Å². The van der Waals surface area contributed by atoms with E-state index in [4.69, 9.17) is 52.6 Å². The summed E-state index contributed by atoms with van der Waals surface area (Å²) in [5.41, 5.74) is 0.770. The van der Waals surface area contributed by atoms with Gasteiger partial charge in [0, 0.05) is 18.7 Å². The molecule has 0 spiro atoms. The van der Waals surface area contributed by atoms with Crippen molar-refractivity contribution in [2.24, 2.45) is 0 Å². The molecular weight excluding hydrogens is 455 g/mol. The normalized spacial score (nSPS) is 11.0. The zero-order chi connectivity index (χ0) is 20.6. The van der Waals surface area contributed by atoms with E-state index in [0.29, 0.717) is 10.0 Å². The Morgan fingerprint density at radius 3 is 1.60 bits per heavy atom. The van der Waals surface area contributed by atoms with Gasteiger partial charge in [-0.1, -0.05) is 23.2 Å². The lowest BCUT2D eigenvalue weighted by Gasteiger charge is -2.25. The molecule has 0 fully saturated rings. The van der Waals surface area contributed by atoms with Gasteiger partial charge in [-0.2, -0.15) is 0 Å². The number of nitrogens with zero attached hydrogens (tertiary/aromatic N) is 1. The number of carbonyl (C=O) groups excluding carboxylic acids is 1. The molecule has 1 aromatic rings. The SMILES string of the molecule is CC(=O)N(c1ccc(Cl)c(Cl)c1)C(C)C.OP(O)(O)=S.OP(O)(O)=S. The van der Waals surface area contributed by atoms with Crippen molar-refractivity contribution < 1.29 is 34.2 Å². The third-order valence-corrected chi connectivity index (χ3v) is 2.78. The third-order valence-electron chi connectivity index (χ3n) is 2.04. The van der Waals surface area contributed by atoms with Gasteiger partial charge in [-0.15, -0.1) is 0 Å². The van der Waals surface area contributed by atoms with E-state index in [9.17, 15) is 4.79 Å². The highest BCUT2D eigenvalue weighted by molar-refractivity contribution is 8.06. The fourth-order valence-corrected chi connectivity index (χ4v) is 1.77. The van der Waals surface area contributed by atoms with Gasteiger partial charge < -0.3 is 34.3 Å². The fourth-order valence-electron chi connectivity index (χ4n) is 1.48. The van der Waals surface area contributed by atoms with Crippen molar-refractivity contribution in [3.05, 3.63) is 28.2 Å². The zero-order valence-corrected chi connectivity index (χ0v) is 18.2. The number of halogens is 2. The Balaban J connectivity index is 0. The Morgan fingerprint density at radius 2 is 1.36 bits per heavy atom. The minimum atomic E-state index is -3.81. The van der Waals surface area contributed by atoms with Crippen LogP contribution in [0.3, 0.4) is 0 Å². The summed E-state index contributed by atoms with van der Waals surface area (Å²) >= 11 is 18.9. The highest BCUT2D eigenvalue weighted by atomic mass is 35.5. The topological polar surface area (TPSA) is 142 Å². The molecule has 0 atom stereocenters. The first kappa shape index (κ1) is 27.5. The molecular formula is C11H19Cl2NO7P2S2. The molecule has 0 aromatic heterocycles. The maximum atomic E-state index is 11.4. The smallest absolute Gasteiger partial charge is 0.319 e. The van der Waals surface area contributed by atoms with Crippen LogP contribution in [0.5, 0.6) is 0 Å². The van der Waals surface area contributed by atoms with Crippen LogP contribution < -0.4 is 4.90 Å². The Kier molecular flexibility index (Phi) is 13.1. The van der Waals surface area contributed by atoms with Crippen LogP contribution in [-0.4, -0.2) is 41.3 Å². The number of carbonyl (C=O) groups is 1. The zero-order valence-electron chi connectivity index (χ0n) is 13.3. The minimum absolute atomic E-state index is 0.0108. The molecule has 146 valence electrons. The molecule has 0 radical (unpaired) electrons.